The summed E-state index contributed by atoms with van der Waals surface area (Å²) < 4.78 is 0. The van der Waals surface area contributed by atoms with Crippen molar-refractivity contribution in [1.82, 2.24) is 9.80 Å². The lowest BCUT2D eigenvalue weighted by atomic mass is 10.2. The number of para-hydroxylation sites is 1. The molecule has 0 fully saturated rings. The molecule has 0 aliphatic carbocycles. The quantitative estimate of drug-likeness (QED) is 0.830. The molecule has 21 heavy (non-hydrogen) atoms. The molecule has 0 aliphatic heterocycles. The number of anilines is 1. The summed E-state index contributed by atoms with van der Waals surface area (Å²) in [5.74, 6) is -0.0925. The molecule has 1 rings (SSSR count). The Labute approximate surface area is 127 Å². The highest BCUT2D eigenvalue weighted by Gasteiger charge is 2.18. The highest BCUT2D eigenvalue weighted by molar-refractivity contribution is 5.95. The van der Waals surface area contributed by atoms with E-state index < -0.39 is 0 Å². The largest absolute Gasteiger partial charge is 0.324 e. The van der Waals surface area contributed by atoms with Crippen LogP contribution in [0.5, 0.6) is 0 Å². The van der Waals surface area contributed by atoms with Crippen LogP contribution in [-0.2, 0) is 4.79 Å². The zero-order valence-electron chi connectivity index (χ0n) is 13.3. The van der Waals surface area contributed by atoms with Crippen LogP contribution in [0, 0.1) is 11.3 Å². The van der Waals surface area contributed by atoms with Crippen molar-refractivity contribution in [3.8, 4) is 6.07 Å². The van der Waals surface area contributed by atoms with E-state index in [1.54, 1.807) is 18.2 Å². The first-order valence-corrected chi connectivity index (χ1v) is 7.10. The SMILES string of the molecule is CC(C(=O)Nc1ccccc1C#N)N(C)CCCN(C)C. The van der Waals surface area contributed by atoms with Gasteiger partial charge in [0.25, 0.3) is 0 Å². The molecule has 0 bridgehead atoms. The molecule has 0 saturated carbocycles. The highest BCUT2D eigenvalue weighted by atomic mass is 16.2. The van der Waals surface area contributed by atoms with Crippen LogP contribution in [0.1, 0.15) is 18.9 Å². The van der Waals surface area contributed by atoms with Crippen LogP contribution in [0.25, 0.3) is 0 Å². The molecule has 0 spiro atoms. The van der Waals surface area contributed by atoms with Crippen molar-refractivity contribution in [3.05, 3.63) is 29.8 Å². The van der Waals surface area contributed by atoms with Crippen LogP contribution in [-0.4, -0.2) is 56.0 Å². The van der Waals surface area contributed by atoms with Gasteiger partial charge >= 0.3 is 0 Å². The molecule has 0 aliphatic rings. The summed E-state index contributed by atoms with van der Waals surface area (Å²) in [5.41, 5.74) is 1.05. The second kappa shape index (κ2) is 8.40. The van der Waals surface area contributed by atoms with Crippen LogP contribution >= 0.6 is 0 Å². The van der Waals surface area contributed by atoms with Crippen molar-refractivity contribution in [3.63, 3.8) is 0 Å². The van der Waals surface area contributed by atoms with Gasteiger partial charge in [0, 0.05) is 0 Å². The molecular weight excluding hydrogens is 264 g/mol. The molecule has 1 atom stereocenters. The number of carbonyl (C=O) groups excluding carboxylic acids is 1. The average Bonchev–Trinajstić information content (AvgIpc) is 2.46. The molecule has 1 aromatic rings. The molecule has 1 amide bonds. The third-order valence-electron chi connectivity index (χ3n) is 3.46. The van der Waals surface area contributed by atoms with Crippen LogP contribution in [0.4, 0.5) is 5.69 Å². The third-order valence-corrected chi connectivity index (χ3v) is 3.46. The van der Waals surface area contributed by atoms with Crippen molar-refractivity contribution < 1.29 is 4.79 Å². The van der Waals surface area contributed by atoms with Gasteiger partial charge in [0.15, 0.2) is 0 Å². The maximum Gasteiger partial charge on any atom is 0.241 e. The van der Waals surface area contributed by atoms with E-state index in [0.29, 0.717) is 11.3 Å². The Morgan fingerprint density at radius 1 is 1.29 bits per heavy atom. The van der Waals surface area contributed by atoms with Gasteiger partial charge in [0.1, 0.15) is 6.07 Å². The zero-order chi connectivity index (χ0) is 15.8. The Morgan fingerprint density at radius 3 is 2.57 bits per heavy atom. The fourth-order valence-electron chi connectivity index (χ4n) is 1.96. The Hall–Kier alpha value is -1.90. The first-order valence-electron chi connectivity index (χ1n) is 7.10. The Balaban J connectivity index is 2.56. The van der Waals surface area contributed by atoms with Gasteiger partial charge in [-0.25, -0.2) is 0 Å². The number of rotatable bonds is 7. The Bertz CT molecular complexity index is 507. The summed E-state index contributed by atoms with van der Waals surface area (Å²) >= 11 is 0. The second-order valence-corrected chi connectivity index (χ2v) is 5.46. The molecule has 5 heteroatoms. The number of amides is 1. The molecular formula is C16H24N4O. The highest BCUT2D eigenvalue weighted by Crippen LogP contribution is 2.14. The third kappa shape index (κ3) is 5.54. The van der Waals surface area contributed by atoms with Crippen molar-refractivity contribution >= 4 is 11.6 Å². The van der Waals surface area contributed by atoms with Crippen molar-refractivity contribution in [2.24, 2.45) is 0 Å². The summed E-state index contributed by atoms with van der Waals surface area (Å²) in [7, 11) is 6.01. The van der Waals surface area contributed by atoms with E-state index >= 15 is 0 Å². The molecule has 0 radical (unpaired) electrons. The van der Waals surface area contributed by atoms with Crippen LogP contribution in [0.15, 0.2) is 24.3 Å². The van der Waals surface area contributed by atoms with E-state index in [9.17, 15) is 4.79 Å². The lowest BCUT2D eigenvalue weighted by Gasteiger charge is -2.24. The number of likely N-dealkylation sites (N-methyl/N-ethyl adjacent to an activating group) is 1. The van der Waals surface area contributed by atoms with Crippen LogP contribution < -0.4 is 5.32 Å². The first kappa shape index (κ1) is 17.2. The first-order chi connectivity index (χ1) is 9.95. The molecule has 0 heterocycles. The van der Waals surface area contributed by atoms with E-state index in [0.717, 1.165) is 19.5 Å². The number of carbonyl (C=O) groups is 1. The Morgan fingerprint density at radius 2 is 1.95 bits per heavy atom. The molecule has 1 N–H and O–H groups in total. The fourth-order valence-corrected chi connectivity index (χ4v) is 1.96. The summed E-state index contributed by atoms with van der Waals surface area (Å²) in [6.45, 7) is 3.72. The smallest absolute Gasteiger partial charge is 0.241 e. The number of nitriles is 1. The molecule has 5 nitrogen and oxygen atoms in total. The maximum atomic E-state index is 12.2. The van der Waals surface area contributed by atoms with Crippen molar-refractivity contribution in [1.29, 1.82) is 5.26 Å². The predicted octanol–water partition coefficient (Wildman–Crippen LogP) is 1.77. The number of hydrogen-bond donors (Lipinski definition) is 1. The normalized spacial score (nSPS) is 12.2. The van der Waals surface area contributed by atoms with Crippen molar-refractivity contribution in [2.75, 3.05) is 39.5 Å². The van der Waals surface area contributed by atoms with E-state index in [1.807, 2.05) is 39.0 Å². The summed E-state index contributed by atoms with van der Waals surface area (Å²) in [5, 5.41) is 11.9. The topological polar surface area (TPSA) is 59.4 Å². The van der Waals surface area contributed by atoms with E-state index in [2.05, 4.69) is 16.3 Å². The summed E-state index contributed by atoms with van der Waals surface area (Å²) in [4.78, 5) is 16.4. The van der Waals surface area contributed by atoms with Gasteiger partial charge in [-0.05, 0) is 59.7 Å². The minimum atomic E-state index is -0.237. The van der Waals surface area contributed by atoms with E-state index in [-0.39, 0.29) is 11.9 Å². The fraction of sp³-hybridized carbons (Fsp3) is 0.500. The Kier molecular flexibility index (Phi) is 6.86. The van der Waals surface area contributed by atoms with Crippen LogP contribution in [0.2, 0.25) is 0 Å². The molecule has 0 saturated heterocycles. The van der Waals surface area contributed by atoms with Crippen LogP contribution in [0.3, 0.4) is 0 Å². The van der Waals surface area contributed by atoms with E-state index in [4.69, 9.17) is 5.26 Å². The monoisotopic (exact) mass is 288 g/mol. The lowest BCUT2D eigenvalue weighted by Crippen LogP contribution is -2.40. The molecule has 0 aromatic heterocycles. The minimum Gasteiger partial charge on any atom is -0.324 e. The second-order valence-electron chi connectivity index (χ2n) is 5.46. The molecule has 1 aromatic carbocycles. The lowest BCUT2D eigenvalue weighted by molar-refractivity contribution is -0.120. The van der Waals surface area contributed by atoms with Gasteiger partial charge in [-0.15, -0.1) is 0 Å². The van der Waals surface area contributed by atoms with Gasteiger partial charge < -0.3 is 10.2 Å². The summed E-state index contributed by atoms with van der Waals surface area (Å²) in [6, 6.07) is 8.88. The maximum absolute atomic E-state index is 12.2. The minimum absolute atomic E-state index is 0.0925. The molecule has 114 valence electrons. The van der Waals surface area contributed by atoms with Gasteiger partial charge in [-0.2, -0.15) is 5.26 Å². The van der Waals surface area contributed by atoms with Gasteiger partial charge in [-0.3, -0.25) is 9.69 Å². The standard InChI is InChI=1S/C16H24N4O/c1-13(20(4)11-7-10-19(2)3)16(21)18-15-9-6-5-8-14(15)12-17/h5-6,8-9,13H,7,10-11H2,1-4H3,(H,18,21). The number of benzene rings is 1. The van der Waals surface area contributed by atoms with Gasteiger partial charge in [0.05, 0.1) is 17.3 Å². The zero-order valence-corrected chi connectivity index (χ0v) is 13.3. The number of nitrogens with one attached hydrogen (secondary N) is 1. The van der Waals surface area contributed by atoms with E-state index in [1.165, 1.54) is 0 Å². The van der Waals surface area contributed by atoms with Gasteiger partial charge in [0.2, 0.25) is 5.91 Å². The molecule has 1 unspecified atom stereocenters. The van der Waals surface area contributed by atoms with Gasteiger partial charge in [-0.1, -0.05) is 12.1 Å². The average molecular weight is 288 g/mol. The number of nitrogens with zero attached hydrogens (tertiary/aromatic N) is 3. The predicted molar refractivity (Wildman–Crippen MR) is 85.0 cm³/mol. The van der Waals surface area contributed by atoms with Crippen molar-refractivity contribution in [2.45, 2.75) is 19.4 Å². The number of hydrogen-bond acceptors (Lipinski definition) is 4. The summed E-state index contributed by atoms with van der Waals surface area (Å²) in [6.07, 6.45) is 1.01.